The van der Waals surface area contributed by atoms with Crippen LogP contribution in [0.2, 0.25) is 0 Å². The molecule has 0 saturated carbocycles. The van der Waals surface area contributed by atoms with Crippen LogP contribution in [0.1, 0.15) is 12.1 Å². The normalized spacial score (nSPS) is 18.1. The Morgan fingerprint density at radius 3 is 3.06 bits per heavy atom. The highest BCUT2D eigenvalue weighted by atomic mass is 35.5. The summed E-state index contributed by atoms with van der Waals surface area (Å²) in [6.45, 7) is 2.40. The lowest BCUT2D eigenvalue weighted by molar-refractivity contribution is 0.735. The summed E-state index contributed by atoms with van der Waals surface area (Å²) in [6, 6.07) is 5.56. The van der Waals surface area contributed by atoms with Crippen molar-refractivity contribution in [3.05, 3.63) is 35.1 Å². The topological polar surface area (TPSA) is 63.3 Å². The summed E-state index contributed by atoms with van der Waals surface area (Å²) in [5.74, 6) is 0. The van der Waals surface area contributed by atoms with Crippen LogP contribution in [0.15, 0.2) is 34.4 Å². The molecule has 4 nitrogen and oxygen atoms in total. The van der Waals surface area contributed by atoms with Crippen molar-refractivity contribution in [3.63, 3.8) is 0 Å². The fourth-order valence-electron chi connectivity index (χ4n) is 1.62. The number of hydrogen-bond acceptors (Lipinski definition) is 4. The summed E-state index contributed by atoms with van der Waals surface area (Å²) in [6.07, 6.45) is 2.72. The molecule has 90 valence electrons. The molecule has 1 aliphatic heterocycles. The Hall–Kier alpha value is -1.39. The van der Waals surface area contributed by atoms with Crippen LogP contribution in [0.5, 0.6) is 0 Å². The zero-order valence-electron chi connectivity index (χ0n) is 9.49. The van der Waals surface area contributed by atoms with E-state index in [-0.39, 0.29) is 0 Å². The Bertz CT molecular complexity index is 439. The molecule has 3 N–H and O–H groups in total. The number of nitrogens with one attached hydrogen (secondary N) is 1. The molecule has 0 aromatic carbocycles. The van der Waals surface area contributed by atoms with E-state index in [1.54, 1.807) is 6.20 Å². The Labute approximate surface area is 106 Å². The van der Waals surface area contributed by atoms with Gasteiger partial charge in [0.15, 0.2) is 0 Å². The molecule has 17 heavy (non-hydrogen) atoms. The minimum atomic E-state index is 0.481. The lowest BCUT2D eigenvalue weighted by atomic mass is 10.2. The highest BCUT2D eigenvalue weighted by Crippen LogP contribution is 2.16. The number of pyridine rings is 1. The van der Waals surface area contributed by atoms with Crippen LogP contribution in [0, 0.1) is 0 Å². The third kappa shape index (κ3) is 3.05. The zero-order valence-corrected chi connectivity index (χ0v) is 10.2. The zero-order chi connectivity index (χ0) is 12.1. The van der Waals surface area contributed by atoms with Gasteiger partial charge in [0.2, 0.25) is 0 Å². The molecule has 1 aliphatic rings. The molecule has 0 bridgehead atoms. The van der Waals surface area contributed by atoms with Crippen LogP contribution < -0.4 is 11.1 Å². The monoisotopic (exact) mass is 250 g/mol. The third-order valence-electron chi connectivity index (χ3n) is 2.54. The molecule has 0 aliphatic carbocycles. The van der Waals surface area contributed by atoms with E-state index in [1.165, 1.54) is 0 Å². The largest absolute Gasteiger partial charge is 0.396 e. The van der Waals surface area contributed by atoms with Gasteiger partial charge in [0.05, 0.1) is 22.1 Å². The van der Waals surface area contributed by atoms with Crippen LogP contribution in [-0.2, 0) is 0 Å². The first-order valence-electron chi connectivity index (χ1n) is 5.60. The van der Waals surface area contributed by atoms with E-state index in [1.807, 2.05) is 18.2 Å². The Kier molecular flexibility index (Phi) is 4.12. The smallest absolute Gasteiger partial charge is 0.0881 e. The minimum absolute atomic E-state index is 0.481. The Balaban J connectivity index is 2.28. The van der Waals surface area contributed by atoms with Gasteiger partial charge in [0, 0.05) is 19.3 Å². The average Bonchev–Trinajstić information content (AvgIpc) is 2.67. The van der Waals surface area contributed by atoms with Crippen LogP contribution >= 0.6 is 11.6 Å². The summed E-state index contributed by atoms with van der Waals surface area (Å²) in [5.41, 5.74) is 7.98. The fourth-order valence-corrected chi connectivity index (χ4v) is 1.84. The van der Waals surface area contributed by atoms with Crippen molar-refractivity contribution in [3.8, 4) is 0 Å². The number of halogens is 1. The van der Waals surface area contributed by atoms with E-state index in [4.69, 9.17) is 17.3 Å². The van der Waals surface area contributed by atoms with E-state index < -0.39 is 0 Å². The standard InChI is InChI=1S/C12H15ClN4/c13-11(10-8-15-5-3-7-17-10)12(14)9-4-1-2-6-16-9/h1-2,4,6,15H,3,5,7-8,14H2/b12-11+. The molecule has 0 fully saturated rings. The second-order valence-electron chi connectivity index (χ2n) is 3.80. The van der Waals surface area contributed by atoms with Gasteiger partial charge in [-0.2, -0.15) is 0 Å². The van der Waals surface area contributed by atoms with E-state index in [0.29, 0.717) is 23.0 Å². The highest BCUT2D eigenvalue weighted by molar-refractivity contribution is 6.46. The average molecular weight is 251 g/mol. The second kappa shape index (κ2) is 5.80. The predicted octanol–water partition coefficient (Wildman–Crippen LogP) is 1.38. The van der Waals surface area contributed by atoms with Crippen LogP contribution in [-0.4, -0.2) is 30.3 Å². The van der Waals surface area contributed by atoms with E-state index in [0.717, 1.165) is 25.2 Å². The van der Waals surface area contributed by atoms with Crippen molar-refractivity contribution < 1.29 is 0 Å². The summed E-state index contributed by atoms with van der Waals surface area (Å²) < 4.78 is 0. The molecule has 1 aromatic rings. The lowest BCUT2D eigenvalue weighted by Crippen LogP contribution is -2.23. The fraction of sp³-hybridized carbons (Fsp3) is 0.333. The molecular weight excluding hydrogens is 236 g/mol. The number of aromatic nitrogens is 1. The molecule has 0 saturated heterocycles. The predicted molar refractivity (Wildman–Crippen MR) is 71.0 cm³/mol. The van der Waals surface area contributed by atoms with Crippen molar-refractivity contribution >= 4 is 23.0 Å². The van der Waals surface area contributed by atoms with Gasteiger partial charge in [-0.3, -0.25) is 9.98 Å². The third-order valence-corrected chi connectivity index (χ3v) is 2.96. The highest BCUT2D eigenvalue weighted by Gasteiger charge is 2.12. The molecule has 2 heterocycles. The van der Waals surface area contributed by atoms with Crippen molar-refractivity contribution in [2.24, 2.45) is 10.7 Å². The van der Waals surface area contributed by atoms with Crippen molar-refractivity contribution in [1.29, 1.82) is 0 Å². The van der Waals surface area contributed by atoms with Gasteiger partial charge in [-0.1, -0.05) is 17.7 Å². The maximum absolute atomic E-state index is 6.26. The number of hydrogen-bond donors (Lipinski definition) is 2. The van der Waals surface area contributed by atoms with Gasteiger partial charge in [-0.25, -0.2) is 0 Å². The lowest BCUT2D eigenvalue weighted by Gasteiger charge is -2.07. The van der Waals surface area contributed by atoms with Crippen LogP contribution in [0.3, 0.4) is 0 Å². The second-order valence-corrected chi connectivity index (χ2v) is 4.18. The number of rotatable bonds is 2. The molecule has 0 spiro atoms. The molecule has 5 heteroatoms. The molecule has 0 radical (unpaired) electrons. The van der Waals surface area contributed by atoms with E-state index >= 15 is 0 Å². The van der Waals surface area contributed by atoms with Gasteiger partial charge >= 0.3 is 0 Å². The number of nitrogens with two attached hydrogens (primary N) is 1. The first kappa shape index (κ1) is 12.1. The van der Waals surface area contributed by atoms with Gasteiger partial charge in [0.25, 0.3) is 0 Å². The summed E-state index contributed by atoms with van der Waals surface area (Å²) in [4.78, 5) is 8.60. The molecular formula is C12H15ClN4. The first-order valence-corrected chi connectivity index (χ1v) is 5.98. The summed E-state index contributed by atoms with van der Waals surface area (Å²) in [5, 5.41) is 3.76. The number of aliphatic imine (C=N–C) groups is 1. The molecule has 0 atom stereocenters. The first-order chi connectivity index (χ1) is 8.29. The summed E-state index contributed by atoms with van der Waals surface area (Å²) >= 11 is 6.26. The van der Waals surface area contributed by atoms with E-state index in [2.05, 4.69) is 15.3 Å². The van der Waals surface area contributed by atoms with Gasteiger partial charge < -0.3 is 11.1 Å². The van der Waals surface area contributed by atoms with Crippen molar-refractivity contribution in [2.45, 2.75) is 6.42 Å². The van der Waals surface area contributed by atoms with Crippen LogP contribution in [0.25, 0.3) is 5.70 Å². The van der Waals surface area contributed by atoms with Gasteiger partial charge in [0.1, 0.15) is 0 Å². The molecule has 2 rings (SSSR count). The molecule has 0 unspecified atom stereocenters. The van der Waals surface area contributed by atoms with Crippen molar-refractivity contribution in [1.82, 2.24) is 10.3 Å². The summed E-state index contributed by atoms with van der Waals surface area (Å²) in [7, 11) is 0. The quantitative estimate of drug-likeness (QED) is 0.834. The minimum Gasteiger partial charge on any atom is -0.396 e. The SMILES string of the molecule is N/C(=C(/Cl)C1=NCCCNC1)c1ccccn1. The Morgan fingerprint density at radius 1 is 1.41 bits per heavy atom. The van der Waals surface area contributed by atoms with Gasteiger partial charge in [-0.15, -0.1) is 0 Å². The molecule has 1 aromatic heterocycles. The van der Waals surface area contributed by atoms with E-state index in [9.17, 15) is 0 Å². The van der Waals surface area contributed by atoms with Crippen molar-refractivity contribution in [2.75, 3.05) is 19.6 Å². The maximum Gasteiger partial charge on any atom is 0.0881 e. The van der Waals surface area contributed by atoms with Gasteiger partial charge in [-0.05, 0) is 25.1 Å². The van der Waals surface area contributed by atoms with Crippen LogP contribution in [0.4, 0.5) is 0 Å². The number of nitrogens with zero attached hydrogens (tertiary/aromatic N) is 2. The molecule has 0 amide bonds. The maximum atomic E-state index is 6.26. The Morgan fingerprint density at radius 2 is 2.29 bits per heavy atom.